The Hall–Kier alpha value is -3.41. The van der Waals surface area contributed by atoms with Gasteiger partial charge in [0.05, 0.1) is 12.1 Å². The van der Waals surface area contributed by atoms with E-state index in [1.807, 2.05) is 38.1 Å². The van der Waals surface area contributed by atoms with Crippen LogP contribution >= 0.6 is 11.3 Å². The van der Waals surface area contributed by atoms with Gasteiger partial charge in [-0.15, -0.1) is 11.3 Å². The number of aryl methyl sites for hydroxylation is 1. The van der Waals surface area contributed by atoms with Crippen LogP contribution in [0.4, 0.5) is 5.69 Å². The van der Waals surface area contributed by atoms with Crippen molar-refractivity contribution in [3.05, 3.63) is 102 Å². The van der Waals surface area contributed by atoms with Crippen LogP contribution in [0, 0.1) is 6.92 Å². The van der Waals surface area contributed by atoms with E-state index in [2.05, 4.69) is 76.6 Å². The maximum atomic E-state index is 13.1. The summed E-state index contributed by atoms with van der Waals surface area (Å²) in [5.74, 6) is -0.0479. The van der Waals surface area contributed by atoms with Crippen LogP contribution in [0.1, 0.15) is 34.5 Å². The highest BCUT2D eigenvalue weighted by Gasteiger charge is 2.18. The van der Waals surface area contributed by atoms with Crippen molar-refractivity contribution in [1.29, 1.82) is 0 Å². The molecular formula is C29H29N3OS. The summed E-state index contributed by atoms with van der Waals surface area (Å²) in [6, 6.07) is 29.6. The third-order valence-corrected chi connectivity index (χ3v) is 7.50. The average Bonchev–Trinajstić information content (AvgIpc) is 3.33. The van der Waals surface area contributed by atoms with Gasteiger partial charge in [0.2, 0.25) is 0 Å². The molecule has 5 heteroatoms. The zero-order valence-corrected chi connectivity index (χ0v) is 20.3. The highest BCUT2D eigenvalue weighted by atomic mass is 32.1. The van der Waals surface area contributed by atoms with Crippen molar-refractivity contribution in [2.75, 3.05) is 18.4 Å². The number of thiophene rings is 1. The number of amides is 1. The van der Waals surface area contributed by atoms with E-state index in [0.29, 0.717) is 11.6 Å². The largest absolute Gasteiger partial charge is 0.380 e. The average molecular weight is 468 g/mol. The Morgan fingerprint density at radius 2 is 1.65 bits per heavy atom. The first-order chi connectivity index (χ1) is 16.6. The molecule has 0 radical (unpaired) electrons. The molecule has 1 atom stereocenters. The monoisotopic (exact) mass is 467 g/mol. The minimum Gasteiger partial charge on any atom is -0.380 e. The van der Waals surface area contributed by atoms with Crippen LogP contribution < -0.4 is 16.0 Å². The molecule has 4 aromatic rings. The summed E-state index contributed by atoms with van der Waals surface area (Å²) in [6.45, 7) is 5.94. The van der Waals surface area contributed by atoms with E-state index in [1.54, 1.807) is 11.3 Å². The molecule has 4 nitrogen and oxygen atoms in total. The lowest BCUT2D eigenvalue weighted by Gasteiger charge is -2.29. The molecule has 34 heavy (non-hydrogen) atoms. The van der Waals surface area contributed by atoms with Crippen LogP contribution in [-0.4, -0.2) is 25.0 Å². The van der Waals surface area contributed by atoms with Crippen molar-refractivity contribution in [2.45, 2.75) is 25.9 Å². The molecule has 1 aliphatic rings. The summed E-state index contributed by atoms with van der Waals surface area (Å²) in [5.41, 5.74) is 6.17. The molecule has 0 spiro atoms. The van der Waals surface area contributed by atoms with E-state index in [9.17, 15) is 4.79 Å². The number of carbonyl (C=O) groups is 1. The van der Waals surface area contributed by atoms with Crippen molar-refractivity contribution >= 4 is 22.9 Å². The number of carbonyl (C=O) groups excluding carboxylic acids is 1. The number of nitrogens with one attached hydrogen (secondary N) is 3. The molecule has 0 bridgehead atoms. The van der Waals surface area contributed by atoms with Crippen LogP contribution in [0.5, 0.6) is 0 Å². The molecule has 0 aliphatic carbocycles. The van der Waals surface area contributed by atoms with Gasteiger partial charge in [-0.1, -0.05) is 54.6 Å². The fraction of sp³-hybridized carbons (Fsp3) is 0.207. The van der Waals surface area contributed by atoms with Crippen molar-refractivity contribution in [3.63, 3.8) is 0 Å². The molecule has 1 unspecified atom stereocenters. The Balaban J connectivity index is 1.31. The Labute approximate surface area is 205 Å². The molecular weight excluding hydrogens is 438 g/mol. The maximum absolute atomic E-state index is 13.1. The van der Waals surface area contributed by atoms with E-state index in [0.717, 1.165) is 29.9 Å². The Kier molecular flexibility index (Phi) is 6.48. The molecule has 1 amide bonds. The zero-order chi connectivity index (χ0) is 23.5. The summed E-state index contributed by atoms with van der Waals surface area (Å²) in [5, 5.41) is 9.94. The third kappa shape index (κ3) is 4.91. The fourth-order valence-electron chi connectivity index (χ4n) is 4.15. The molecule has 3 N–H and O–H groups in total. The van der Waals surface area contributed by atoms with Crippen LogP contribution in [0.3, 0.4) is 0 Å². The van der Waals surface area contributed by atoms with E-state index in [-0.39, 0.29) is 11.9 Å². The Bertz CT molecular complexity index is 1290. The fourth-order valence-corrected chi connectivity index (χ4v) is 5.16. The lowest BCUT2D eigenvalue weighted by molar-refractivity contribution is 0.0939. The lowest BCUT2D eigenvalue weighted by Crippen LogP contribution is -2.51. The summed E-state index contributed by atoms with van der Waals surface area (Å²) < 4.78 is 0. The van der Waals surface area contributed by atoms with Crippen LogP contribution in [0.2, 0.25) is 0 Å². The van der Waals surface area contributed by atoms with Crippen molar-refractivity contribution in [1.82, 2.24) is 10.6 Å². The molecule has 172 valence electrons. The third-order valence-electron chi connectivity index (χ3n) is 6.32. The highest BCUT2D eigenvalue weighted by molar-refractivity contribution is 7.18. The molecule has 1 saturated heterocycles. The van der Waals surface area contributed by atoms with E-state index >= 15 is 0 Å². The van der Waals surface area contributed by atoms with Gasteiger partial charge in [-0.2, -0.15) is 0 Å². The summed E-state index contributed by atoms with van der Waals surface area (Å²) >= 11 is 1.79. The van der Waals surface area contributed by atoms with Gasteiger partial charge in [-0.3, -0.25) is 4.79 Å². The molecule has 1 aliphatic heterocycles. The van der Waals surface area contributed by atoms with E-state index < -0.39 is 0 Å². The van der Waals surface area contributed by atoms with Crippen LogP contribution in [-0.2, 0) is 0 Å². The topological polar surface area (TPSA) is 53.2 Å². The Morgan fingerprint density at radius 1 is 0.912 bits per heavy atom. The summed E-state index contributed by atoms with van der Waals surface area (Å²) in [7, 11) is 0. The SMILES string of the molecule is Cc1ccc(NC2CNC2)cc1C(=O)NC(C)c1cccc(-c2ccc(-c3ccccc3)s2)c1. The van der Waals surface area contributed by atoms with Crippen molar-refractivity contribution in [3.8, 4) is 20.9 Å². The van der Waals surface area contributed by atoms with Crippen LogP contribution in [0.15, 0.2) is 84.9 Å². The van der Waals surface area contributed by atoms with E-state index in [4.69, 9.17) is 0 Å². The second-order valence-electron chi connectivity index (χ2n) is 8.88. The van der Waals surface area contributed by atoms with Gasteiger partial charge in [0.1, 0.15) is 0 Å². The molecule has 1 fully saturated rings. The molecule has 3 aromatic carbocycles. The van der Waals surface area contributed by atoms with Gasteiger partial charge in [0, 0.05) is 34.1 Å². The van der Waals surface area contributed by atoms with Crippen molar-refractivity contribution in [2.24, 2.45) is 0 Å². The minimum atomic E-state index is -0.104. The lowest BCUT2D eigenvalue weighted by atomic mass is 10.0. The van der Waals surface area contributed by atoms with Gasteiger partial charge in [0.15, 0.2) is 0 Å². The zero-order valence-electron chi connectivity index (χ0n) is 19.5. The highest BCUT2D eigenvalue weighted by Crippen LogP contribution is 2.35. The number of anilines is 1. The number of hydrogen-bond acceptors (Lipinski definition) is 4. The predicted molar refractivity (Wildman–Crippen MR) is 143 cm³/mol. The van der Waals surface area contributed by atoms with Crippen LogP contribution in [0.25, 0.3) is 20.9 Å². The summed E-state index contributed by atoms with van der Waals surface area (Å²) in [6.07, 6.45) is 0. The number of benzene rings is 3. The smallest absolute Gasteiger partial charge is 0.252 e. The van der Waals surface area contributed by atoms with Gasteiger partial charge >= 0.3 is 0 Å². The molecule has 2 heterocycles. The molecule has 1 aromatic heterocycles. The first kappa shape index (κ1) is 22.4. The normalized spacial score (nSPS) is 14.3. The summed E-state index contributed by atoms with van der Waals surface area (Å²) in [4.78, 5) is 15.6. The van der Waals surface area contributed by atoms with Gasteiger partial charge < -0.3 is 16.0 Å². The predicted octanol–water partition coefficient (Wildman–Crippen LogP) is 6.27. The van der Waals surface area contributed by atoms with Gasteiger partial charge in [0.25, 0.3) is 5.91 Å². The number of hydrogen-bond donors (Lipinski definition) is 3. The van der Waals surface area contributed by atoms with Gasteiger partial charge in [-0.05, 0) is 66.4 Å². The van der Waals surface area contributed by atoms with Crippen molar-refractivity contribution < 1.29 is 4.79 Å². The first-order valence-electron chi connectivity index (χ1n) is 11.7. The standard InChI is InChI=1S/C29H29N3OS/c1-19-11-12-24(32-25-17-30-18-25)16-26(19)29(33)31-20(2)22-9-6-10-23(15-22)28-14-13-27(34-28)21-7-4-3-5-8-21/h3-16,20,25,30,32H,17-18H2,1-2H3,(H,31,33). The molecule has 0 saturated carbocycles. The Morgan fingerprint density at radius 3 is 2.38 bits per heavy atom. The van der Waals surface area contributed by atoms with E-state index in [1.165, 1.54) is 20.9 Å². The second-order valence-corrected chi connectivity index (χ2v) is 9.96. The van der Waals surface area contributed by atoms with Gasteiger partial charge in [-0.25, -0.2) is 0 Å². The second kappa shape index (κ2) is 9.84. The molecule has 5 rings (SSSR count). The first-order valence-corrected chi connectivity index (χ1v) is 12.5. The quantitative estimate of drug-likeness (QED) is 0.300. The maximum Gasteiger partial charge on any atom is 0.252 e. The minimum absolute atomic E-state index is 0.0479. The number of rotatable bonds is 7.